The molecule has 1 aliphatic rings. The maximum atomic E-state index is 12.5. The van der Waals surface area contributed by atoms with E-state index in [-0.39, 0.29) is 17.8 Å². The van der Waals surface area contributed by atoms with Crippen LogP contribution in [0.15, 0.2) is 10.7 Å². The van der Waals surface area contributed by atoms with Crippen molar-refractivity contribution in [3.05, 3.63) is 16.4 Å². The zero-order valence-corrected chi connectivity index (χ0v) is 18.0. The van der Waals surface area contributed by atoms with Crippen molar-refractivity contribution >= 4 is 56.2 Å². The number of halogens is 2. The Kier molecular flexibility index (Phi) is 6.47. The molecule has 2 heterocycles. The normalized spacial score (nSPS) is 17.0. The van der Waals surface area contributed by atoms with E-state index < -0.39 is 5.60 Å². The number of esters is 1. The van der Waals surface area contributed by atoms with Gasteiger partial charge in [-0.25, -0.2) is 4.45 Å². The fourth-order valence-corrected chi connectivity index (χ4v) is 5.34. The molecule has 1 saturated heterocycles. The van der Waals surface area contributed by atoms with Gasteiger partial charge in [0.05, 0.1) is 12.3 Å². The molecule has 128 valence electrons. The minimum atomic E-state index is -0.469. The standard InChI is InChI=1S/C14H20BrIN3O3P/c1-14(2,3)22-13(21)9-4-6-18(7-5-9)12(20)10-8-11(15)19(17-10)23-16/h8-9,23H,4-7H2,1-3H3. The van der Waals surface area contributed by atoms with Crippen LogP contribution >= 0.6 is 44.3 Å². The highest BCUT2D eigenvalue weighted by Gasteiger charge is 2.31. The molecule has 0 saturated carbocycles. The summed E-state index contributed by atoms with van der Waals surface area (Å²) in [6.45, 7) is 6.71. The predicted octanol–water partition coefficient (Wildman–Crippen LogP) is 3.63. The summed E-state index contributed by atoms with van der Waals surface area (Å²) in [5.41, 5.74) is -0.0274. The van der Waals surface area contributed by atoms with Gasteiger partial charge in [-0.3, -0.25) is 9.59 Å². The van der Waals surface area contributed by atoms with Crippen LogP contribution in [0.5, 0.6) is 0 Å². The van der Waals surface area contributed by atoms with E-state index in [0.717, 1.165) is 4.60 Å². The molecule has 1 fully saturated rings. The van der Waals surface area contributed by atoms with E-state index in [1.54, 1.807) is 15.4 Å². The van der Waals surface area contributed by atoms with Crippen LogP contribution in [0.3, 0.4) is 0 Å². The number of ether oxygens (including phenoxy) is 1. The fourth-order valence-electron chi connectivity index (χ4n) is 2.39. The van der Waals surface area contributed by atoms with E-state index in [2.05, 4.69) is 43.1 Å². The highest BCUT2D eigenvalue weighted by Crippen LogP contribution is 2.29. The number of likely N-dealkylation sites (tertiary alicyclic amines) is 1. The van der Waals surface area contributed by atoms with Gasteiger partial charge in [0, 0.05) is 19.2 Å². The molecule has 9 heteroatoms. The van der Waals surface area contributed by atoms with Crippen LogP contribution in [0.25, 0.3) is 0 Å². The van der Waals surface area contributed by atoms with Crippen LogP contribution < -0.4 is 0 Å². The summed E-state index contributed by atoms with van der Waals surface area (Å²) in [5, 5.41) is 4.30. The van der Waals surface area contributed by atoms with Crippen molar-refractivity contribution in [2.24, 2.45) is 5.92 Å². The lowest BCUT2D eigenvalue weighted by molar-refractivity contribution is -0.161. The largest absolute Gasteiger partial charge is 0.460 e. The molecule has 1 unspecified atom stereocenters. The average Bonchev–Trinajstić information content (AvgIpc) is 2.86. The topological polar surface area (TPSA) is 64.4 Å². The SMILES string of the molecule is CC(C)(C)OC(=O)C1CCN(C(=O)c2cc(Br)n(PI)n2)CC1. The van der Waals surface area contributed by atoms with E-state index in [1.165, 1.54) is 0 Å². The summed E-state index contributed by atoms with van der Waals surface area (Å²) in [6.07, 6.45) is 1.71. The maximum absolute atomic E-state index is 12.5. The molecule has 1 aromatic rings. The Hall–Kier alpha value is -0.210. The molecule has 0 radical (unpaired) electrons. The Morgan fingerprint density at radius 1 is 1.39 bits per heavy atom. The Morgan fingerprint density at radius 2 is 2.00 bits per heavy atom. The van der Waals surface area contributed by atoms with Crippen LogP contribution in [-0.2, 0) is 9.53 Å². The first-order valence-electron chi connectivity index (χ1n) is 7.35. The van der Waals surface area contributed by atoms with Crippen LogP contribution in [0, 0.1) is 5.92 Å². The van der Waals surface area contributed by atoms with E-state index in [1.807, 2.05) is 20.8 Å². The van der Waals surface area contributed by atoms with Crippen molar-refractivity contribution in [3.63, 3.8) is 0 Å². The smallest absolute Gasteiger partial charge is 0.309 e. The molecule has 0 aliphatic carbocycles. The van der Waals surface area contributed by atoms with Gasteiger partial charge in [0.2, 0.25) is 0 Å². The molecule has 0 bridgehead atoms. The Bertz CT molecular complexity index is 595. The number of nitrogens with zero attached hydrogens (tertiary/aromatic N) is 3. The van der Waals surface area contributed by atoms with Gasteiger partial charge in [-0.15, -0.1) is 0 Å². The third-order valence-corrected chi connectivity index (χ3v) is 6.25. The predicted molar refractivity (Wildman–Crippen MR) is 102 cm³/mol. The van der Waals surface area contributed by atoms with E-state index >= 15 is 0 Å². The van der Waals surface area contributed by atoms with Gasteiger partial charge in [0.25, 0.3) is 5.91 Å². The van der Waals surface area contributed by atoms with Gasteiger partial charge in [0.15, 0.2) is 5.69 Å². The number of hydrogen-bond donors (Lipinski definition) is 0. The van der Waals surface area contributed by atoms with Gasteiger partial charge in [-0.1, -0.05) is 0 Å². The number of piperidine rings is 1. The quantitative estimate of drug-likeness (QED) is 0.350. The monoisotopic (exact) mass is 515 g/mol. The highest BCUT2D eigenvalue weighted by molar-refractivity contribution is 14.2. The van der Waals surface area contributed by atoms with Crippen molar-refractivity contribution in [2.75, 3.05) is 13.1 Å². The number of rotatable bonds is 3. The van der Waals surface area contributed by atoms with Gasteiger partial charge >= 0.3 is 5.97 Å². The van der Waals surface area contributed by atoms with Crippen LogP contribution in [0.1, 0.15) is 44.1 Å². The first-order chi connectivity index (χ1) is 10.7. The Morgan fingerprint density at radius 3 is 2.48 bits per heavy atom. The molecule has 0 aromatic carbocycles. The van der Waals surface area contributed by atoms with Crippen molar-refractivity contribution in [2.45, 2.75) is 39.2 Å². The molecular formula is C14H20BrIN3O3P. The summed E-state index contributed by atoms with van der Waals surface area (Å²) in [5.74, 6) is -0.372. The molecule has 0 spiro atoms. The molecule has 1 atom stereocenters. The lowest BCUT2D eigenvalue weighted by Crippen LogP contribution is -2.41. The third kappa shape index (κ3) is 5.13. The van der Waals surface area contributed by atoms with Gasteiger partial charge < -0.3 is 9.64 Å². The van der Waals surface area contributed by atoms with Crippen molar-refractivity contribution in [1.82, 2.24) is 14.5 Å². The Labute approximate surface area is 159 Å². The number of aromatic nitrogens is 2. The summed E-state index contributed by atoms with van der Waals surface area (Å²) < 4.78 is 7.98. The summed E-state index contributed by atoms with van der Waals surface area (Å²) in [7, 11) is 0. The molecule has 23 heavy (non-hydrogen) atoms. The van der Waals surface area contributed by atoms with Crippen molar-refractivity contribution < 1.29 is 14.3 Å². The minimum Gasteiger partial charge on any atom is -0.460 e. The molecule has 1 amide bonds. The fraction of sp³-hybridized carbons (Fsp3) is 0.643. The van der Waals surface area contributed by atoms with E-state index in [4.69, 9.17) is 4.74 Å². The first kappa shape index (κ1) is 19.1. The second kappa shape index (κ2) is 7.78. The zero-order valence-electron chi connectivity index (χ0n) is 13.3. The second-order valence-corrected chi connectivity index (χ2v) is 9.30. The number of carbonyl (C=O) groups excluding carboxylic acids is 2. The van der Waals surface area contributed by atoms with E-state index in [0.29, 0.717) is 38.0 Å². The molecular weight excluding hydrogens is 496 g/mol. The second-order valence-electron chi connectivity index (χ2n) is 6.45. The zero-order chi connectivity index (χ0) is 17.2. The van der Waals surface area contributed by atoms with Gasteiger partial charge in [0.1, 0.15) is 10.2 Å². The third-order valence-electron chi connectivity index (χ3n) is 3.49. The van der Waals surface area contributed by atoms with Crippen LogP contribution in [0.2, 0.25) is 0 Å². The van der Waals surface area contributed by atoms with Gasteiger partial charge in [-0.05, 0) is 71.6 Å². The molecule has 2 rings (SSSR count). The van der Waals surface area contributed by atoms with Gasteiger partial charge in [-0.2, -0.15) is 5.10 Å². The molecule has 6 nitrogen and oxygen atoms in total. The summed E-state index contributed by atoms with van der Waals surface area (Å²) in [4.78, 5) is 26.4. The molecule has 1 aliphatic heterocycles. The average molecular weight is 516 g/mol. The highest BCUT2D eigenvalue weighted by atomic mass is 127. The van der Waals surface area contributed by atoms with E-state index in [9.17, 15) is 9.59 Å². The maximum Gasteiger partial charge on any atom is 0.309 e. The van der Waals surface area contributed by atoms with Crippen LogP contribution in [-0.4, -0.2) is 45.0 Å². The lowest BCUT2D eigenvalue weighted by atomic mass is 9.96. The molecule has 0 N–H and O–H groups in total. The lowest BCUT2D eigenvalue weighted by Gasteiger charge is -2.32. The van der Waals surface area contributed by atoms with Crippen molar-refractivity contribution in [3.8, 4) is 0 Å². The summed E-state index contributed by atoms with van der Waals surface area (Å²) in [6, 6.07) is 1.74. The molecule has 1 aromatic heterocycles. The number of hydrogen-bond acceptors (Lipinski definition) is 4. The Balaban J connectivity index is 1.93. The number of amides is 1. The van der Waals surface area contributed by atoms with Crippen molar-refractivity contribution in [1.29, 1.82) is 0 Å². The summed E-state index contributed by atoms with van der Waals surface area (Å²) >= 11 is 5.61. The minimum absolute atomic E-state index is 0.0817. The first-order valence-corrected chi connectivity index (χ1v) is 12.2. The number of carbonyl (C=O) groups is 2. The van der Waals surface area contributed by atoms with Crippen LogP contribution in [0.4, 0.5) is 0 Å².